The van der Waals surface area contributed by atoms with E-state index in [4.69, 9.17) is 5.73 Å². The van der Waals surface area contributed by atoms with Gasteiger partial charge in [0.1, 0.15) is 4.21 Å². The zero-order chi connectivity index (χ0) is 12.3. The van der Waals surface area contributed by atoms with Crippen LogP contribution in [0.1, 0.15) is 5.56 Å². The molecule has 0 atom stereocenters. The molecule has 1 rings (SSSR count). The van der Waals surface area contributed by atoms with Crippen molar-refractivity contribution in [3.05, 3.63) is 17.0 Å². The minimum atomic E-state index is -3.81. The van der Waals surface area contributed by atoms with Crippen molar-refractivity contribution in [2.45, 2.75) is 17.2 Å². The SMILES string of the molecule is CN(CC(F)F)S(=O)(=O)c1cc(CN)cs1. The van der Waals surface area contributed by atoms with Crippen LogP contribution in [0.3, 0.4) is 0 Å². The van der Waals surface area contributed by atoms with E-state index < -0.39 is 23.0 Å². The molecule has 0 fully saturated rings. The van der Waals surface area contributed by atoms with Crippen molar-refractivity contribution in [2.75, 3.05) is 13.6 Å². The van der Waals surface area contributed by atoms with Crippen LogP contribution in [0.4, 0.5) is 8.78 Å². The zero-order valence-corrected chi connectivity index (χ0v) is 10.2. The Bertz CT molecular complexity index is 445. The van der Waals surface area contributed by atoms with Crippen LogP contribution in [-0.2, 0) is 16.6 Å². The van der Waals surface area contributed by atoms with Crippen molar-refractivity contribution in [1.29, 1.82) is 0 Å². The number of nitrogens with zero attached hydrogens (tertiary/aromatic N) is 1. The zero-order valence-electron chi connectivity index (χ0n) is 8.56. The molecule has 1 aromatic heterocycles. The fourth-order valence-electron chi connectivity index (χ4n) is 1.04. The molecule has 0 saturated carbocycles. The highest BCUT2D eigenvalue weighted by molar-refractivity contribution is 7.91. The van der Waals surface area contributed by atoms with Crippen LogP contribution in [0, 0.1) is 0 Å². The maximum Gasteiger partial charge on any atom is 0.252 e. The van der Waals surface area contributed by atoms with Gasteiger partial charge in [-0.25, -0.2) is 17.2 Å². The van der Waals surface area contributed by atoms with Crippen LogP contribution in [0.15, 0.2) is 15.7 Å². The number of thiophene rings is 1. The maximum absolute atomic E-state index is 12.1. The Balaban J connectivity index is 2.92. The van der Waals surface area contributed by atoms with E-state index in [1.807, 2.05) is 0 Å². The molecule has 0 aromatic carbocycles. The van der Waals surface area contributed by atoms with E-state index in [2.05, 4.69) is 0 Å². The molecule has 8 heteroatoms. The Morgan fingerprint density at radius 1 is 1.56 bits per heavy atom. The number of nitrogens with two attached hydrogens (primary N) is 1. The molecule has 0 unspecified atom stereocenters. The number of alkyl halides is 2. The normalized spacial score (nSPS) is 12.6. The topological polar surface area (TPSA) is 63.4 Å². The first-order valence-corrected chi connectivity index (χ1v) is 6.72. The van der Waals surface area contributed by atoms with E-state index in [1.54, 1.807) is 5.38 Å². The van der Waals surface area contributed by atoms with Gasteiger partial charge in [0.2, 0.25) is 0 Å². The molecule has 1 aromatic rings. The van der Waals surface area contributed by atoms with E-state index in [0.717, 1.165) is 18.4 Å². The fraction of sp³-hybridized carbons (Fsp3) is 0.500. The highest BCUT2D eigenvalue weighted by Crippen LogP contribution is 2.23. The first-order valence-electron chi connectivity index (χ1n) is 4.40. The summed E-state index contributed by atoms with van der Waals surface area (Å²) in [4.78, 5) is 0. The van der Waals surface area contributed by atoms with Crippen LogP contribution in [-0.4, -0.2) is 32.7 Å². The molecular weight excluding hydrogens is 258 g/mol. The average Bonchev–Trinajstić information content (AvgIpc) is 2.65. The lowest BCUT2D eigenvalue weighted by Crippen LogP contribution is -2.30. The van der Waals surface area contributed by atoms with Crippen molar-refractivity contribution in [3.8, 4) is 0 Å². The van der Waals surface area contributed by atoms with Crippen LogP contribution >= 0.6 is 11.3 Å². The summed E-state index contributed by atoms with van der Waals surface area (Å²) in [7, 11) is -2.68. The quantitative estimate of drug-likeness (QED) is 0.871. The van der Waals surface area contributed by atoms with Crippen molar-refractivity contribution < 1.29 is 17.2 Å². The highest BCUT2D eigenvalue weighted by atomic mass is 32.2. The van der Waals surface area contributed by atoms with Crippen LogP contribution in [0.2, 0.25) is 0 Å². The fourth-order valence-corrected chi connectivity index (χ4v) is 3.62. The number of sulfonamides is 1. The molecule has 0 amide bonds. The Labute approximate surface area is 96.7 Å². The van der Waals surface area contributed by atoms with Gasteiger partial charge in [0, 0.05) is 13.6 Å². The summed E-state index contributed by atoms with van der Waals surface area (Å²) >= 11 is 0.982. The Kier molecular flexibility index (Phi) is 4.36. The first-order chi connectivity index (χ1) is 7.37. The monoisotopic (exact) mass is 270 g/mol. The first kappa shape index (κ1) is 13.5. The third-order valence-electron chi connectivity index (χ3n) is 1.93. The molecule has 0 bridgehead atoms. The van der Waals surface area contributed by atoms with E-state index in [-0.39, 0.29) is 10.8 Å². The van der Waals surface area contributed by atoms with Crippen molar-refractivity contribution >= 4 is 21.4 Å². The molecule has 92 valence electrons. The van der Waals surface area contributed by atoms with E-state index in [1.165, 1.54) is 6.07 Å². The van der Waals surface area contributed by atoms with Crippen LogP contribution in [0.5, 0.6) is 0 Å². The lowest BCUT2D eigenvalue weighted by atomic mass is 10.4. The molecule has 4 nitrogen and oxygen atoms in total. The highest BCUT2D eigenvalue weighted by Gasteiger charge is 2.24. The Morgan fingerprint density at radius 3 is 2.62 bits per heavy atom. The number of hydrogen-bond donors (Lipinski definition) is 1. The second-order valence-electron chi connectivity index (χ2n) is 3.15. The van der Waals surface area contributed by atoms with Crippen LogP contribution in [0.25, 0.3) is 0 Å². The smallest absolute Gasteiger partial charge is 0.252 e. The van der Waals surface area contributed by atoms with Gasteiger partial charge in [-0.05, 0) is 17.0 Å². The molecule has 0 aliphatic carbocycles. The molecular formula is C8H12F2N2O2S2. The maximum atomic E-state index is 12.1. The summed E-state index contributed by atoms with van der Waals surface area (Å²) < 4.78 is 48.4. The number of halogens is 2. The van der Waals surface area contributed by atoms with Gasteiger partial charge in [0.05, 0.1) is 6.54 Å². The summed E-state index contributed by atoms with van der Waals surface area (Å²) in [6.45, 7) is -0.581. The van der Waals surface area contributed by atoms with Gasteiger partial charge < -0.3 is 5.73 Å². The summed E-state index contributed by atoms with van der Waals surface area (Å²) in [6.07, 6.45) is -2.69. The molecule has 0 saturated heterocycles. The van der Waals surface area contributed by atoms with Gasteiger partial charge >= 0.3 is 0 Å². The molecule has 0 aliphatic heterocycles. The predicted octanol–water partition coefficient (Wildman–Crippen LogP) is 1.09. The lowest BCUT2D eigenvalue weighted by molar-refractivity contribution is 0.126. The average molecular weight is 270 g/mol. The third-order valence-corrected chi connectivity index (χ3v) is 5.21. The van der Waals surface area contributed by atoms with Gasteiger partial charge in [0.25, 0.3) is 16.4 Å². The minimum Gasteiger partial charge on any atom is -0.326 e. The lowest BCUT2D eigenvalue weighted by Gasteiger charge is -2.14. The standard InChI is InChI=1S/C8H12F2N2O2S2/c1-12(4-7(9)10)16(13,14)8-2-6(3-11)5-15-8/h2,5,7H,3-4,11H2,1H3. The Morgan fingerprint density at radius 2 is 2.19 bits per heavy atom. The molecule has 0 radical (unpaired) electrons. The second-order valence-corrected chi connectivity index (χ2v) is 6.34. The largest absolute Gasteiger partial charge is 0.326 e. The molecule has 1 heterocycles. The van der Waals surface area contributed by atoms with Crippen molar-refractivity contribution in [1.82, 2.24) is 4.31 Å². The van der Waals surface area contributed by atoms with Gasteiger partial charge in [-0.1, -0.05) is 0 Å². The van der Waals surface area contributed by atoms with E-state index in [0.29, 0.717) is 9.87 Å². The van der Waals surface area contributed by atoms with Crippen LogP contribution < -0.4 is 5.73 Å². The van der Waals surface area contributed by atoms with Crippen molar-refractivity contribution in [3.63, 3.8) is 0 Å². The second kappa shape index (κ2) is 5.17. The minimum absolute atomic E-state index is 0.0381. The molecule has 2 N–H and O–H groups in total. The van der Waals surface area contributed by atoms with Gasteiger partial charge in [0.15, 0.2) is 0 Å². The van der Waals surface area contributed by atoms with Gasteiger partial charge in [-0.3, -0.25) is 0 Å². The molecule has 16 heavy (non-hydrogen) atoms. The number of rotatable bonds is 5. The van der Waals surface area contributed by atoms with Crippen molar-refractivity contribution in [2.24, 2.45) is 5.73 Å². The van der Waals surface area contributed by atoms with E-state index in [9.17, 15) is 17.2 Å². The summed E-state index contributed by atoms with van der Waals surface area (Å²) in [5.74, 6) is 0. The number of hydrogen-bond acceptors (Lipinski definition) is 4. The van der Waals surface area contributed by atoms with E-state index >= 15 is 0 Å². The molecule has 0 spiro atoms. The predicted molar refractivity (Wildman–Crippen MR) is 58.0 cm³/mol. The Hall–Kier alpha value is -0.570. The summed E-state index contributed by atoms with van der Waals surface area (Å²) in [5.41, 5.74) is 6.02. The summed E-state index contributed by atoms with van der Waals surface area (Å²) in [6, 6.07) is 1.40. The van der Waals surface area contributed by atoms with Gasteiger partial charge in [-0.2, -0.15) is 4.31 Å². The van der Waals surface area contributed by atoms with Gasteiger partial charge in [-0.15, -0.1) is 11.3 Å². The third kappa shape index (κ3) is 2.97. The molecule has 0 aliphatic rings. The summed E-state index contributed by atoms with van der Waals surface area (Å²) in [5, 5.41) is 1.60.